The average molecular weight is 372 g/mol. The van der Waals surface area contributed by atoms with Crippen LogP contribution < -0.4 is 11.1 Å². The molecule has 3 N–H and O–H groups in total. The van der Waals surface area contributed by atoms with Crippen molar-refractivity contribution in [3.05, 3.63) is 35.9 Å². The number of hydrogen-bond acceptors (Lipinski definition) is 4. The van der Waals surface area contributed by atoms with Gasteiger partial charge in [-0.1, -0.05) is 30.3 Å². The van der Waals surface area contributed by atoms with Crippen LogP contribution in [0.4, 0.5) is 0 Å². The van der Waals surface area contributed by atoms with Gasteiger partial charge < -0.3 is 16.0 Å². The second-order valence-corrected chi connectivity index (χ2v) is 7.50. The van der Waals surface area contributed by atoms with Crippen molar-refractivity contribution in [2.75, 3.05) is 32.7 Å². The number of rotatable bonds is 7. The van der Waals surface area contributed by atoms with E-state index in [4.69, 9.17) is 5.73 Å². The Morgan fingerprint density at radius 1 is 1.15 bits per heavy atom. The molecule has 0 aliphatic carbocycles. The second-order valence-electron chi connectivity index (χ2n) is 7.50. The van der Waals surface area contributed by atoms with E-state index in [1.165, 1.54) is 5.56 Å². The first-order valence-corrected chi connectivity index (χ1v) is 9.64. The van der Waals surface area contributed by atoms with Gasteiger partial charge in [0, 0.05) is 38.6 Å². The Bertz CT molecular complexity index is 671. The summed E-state index contributed by atoms with van der Waals surface area (Å²) < 4.78 is 0. The predicted octanol–water partition coefficient (Wildman–Crippen LogP) is 0.144. The third-order valence-corrected chi connectivity index (χ3v) is 5.41. The number of benzene rings is 1. The maximum absolute atomic E-state index is 12.6. The van der Waals surface area contributed by atoms with E-state index in [-0.39, 0.29) is 36.2 Å². The van der Waals surface area contributed by atoms with Gasteiger partial charge in [-0.25, -0.2) is 0 Å². The summed E-state index contributed by atoms with van der Waals surface area (Å²) in [7, 11) is 0. The summed E-state index contributed by atoms with van der Waals surface area (Å²) in [5.74, 6) is -0.559. The first-order valence-electron chi connectivity index (χ1n) is 9.64. The summed E-state index contributed by atoms with van der Waals surface area (Å²) in [5.41, 5.74) is 6.42. The van der Waals surface area contributed by atoms with E-state index in [0.29, 0.717) is 19.5 Å². The summed E-state index contributed by atoms with van der Waals surface area (Å²) in [6, 6.07) is 10.2. The quantitative estimate of drug-likeness (QED) is 0.712. The van der Waals surface area contributed by atoms with Gasteiger partial charge in [0.15, 0.2) is 0 Å². The number of likely N-dealkylation sites (tertiary alicyclic amines) is 2. The number of nitrogens with zero attached hydrogens (tertiary/aromatic N) is 2. The van der Waals surface area contributed by atoms with E-state index in [0.717, 1.165) is 32.4 Å². The van der Waals surface area contributed by atoms with E-state index in [1.807, 2.05) is 23.1 Å². The molecule has 146 valence electrons. The summed E-state index contributed by atoms with van der Waals surface area (Å²) in [5, 5.41) is 3.09. The molecule has 1 aromatic rings. The van der Waals surface area contributed by atoms with E-state index < -0.39 is 0 Å². The maximum Gasteiger partial charge on any atom is 0.231 e. The molecule has 3 rings (SSSR count). The number of piperidine rings is 1. The van der Waals surface area contributed by atoms with E-state index >= 15 is 0 Å². The minimum Gasteiger partial charge on any atom is -0.369 e. The zero-order valence-corrected chi connectivity index (χ0v) is 15.6. The van der Waals surface area contributed by atoms with Crippen molar-refractivity contribution in [3.8, 4) is 0 Å². The highest BCUT2D eigenvalue weighted by molar-refractivity contribution is 5.89. The molecule has 1 atom stereocenters. The Morgan fingerprint density at radius 2 is 1.85 bits per heavy atom. The fourth-order valence-corrected chi connectivity index (χ4v) is 3.85. The molecule has 0 aromatic heterocycles. The van der Waals surface area contributed by atoms with Crippen molar-refractivity contribution in [2.24, 2.45) is 11.7 Å². The summed E-state index contributed by atoms with van der Waals surface area (Å²) in [6.07, 6.45) is 2.70. The normalized spacial score (nSPS) is 21.4. The summed E-state index contributed by atoms with van der Waals surface area (Å²) in [4.78, 5) is 39.6. The Morgan fingerprint density at radius 3 is 2.52 bits per heavy atom. The van der Waals surface area contributed by atoms with Crippen molar-refractivity contribution < 1.29 is 14.4 Å². The number of primary amides is 1. The standard InChI is InChI=1S/C20H28N4O3/c21-18(25)14-23-9-7-17(8-10-23)22-20(27)16-12-19(26)24(13-16)11-6-15-4-2-1-3-5-15/h1-5,16-17H,6-14H2,(H2,21,25)(H,22,27). The number of carbonyl (C=O) groups excluding carboxylic acids is 3. The van der Waals surface area contributed by atoms with Crippen LogP contribution in [0.2, 0.25) is 0 Å². The number of hydrogen-bond donors (Lipinski definition) is 2. The third kappa shape index (κ3) is 5.53. The van der Waals surface area contributed by atoms with E-state index in [9.17, 15) is 14.4 Å². The molecule has 1 aromatic carbocycles. The van der Waals surface area contributed by atoms with Crippen LogP contribution >= 0.6 is 0 Å². The Labute approximate surface area is 159 Å². The Kier molecular flexibility index (Phi) is 6.45. The molecule has 0 radical (unpaired) electrons. The highest BCUT2D eigenvalue weighted by atomic mass is 16.2. The third-order valence-electron chi connectivity index (χ3n) is 5.41. The lowest BCUT2D eigenvalue weighted by Gasteiger charge is -2.32. The summed E-state index contributed by atoms with van der Waals surface area (Å²) in [6.45, 7) is 2.92. The fourth-order valence-electron chi connectivity index (χ4n) is 3.85. The molecular weight excluding hydrogens is 344 g/mol. The maximum atomic E-state index is 12.6. The summed E-state index contributed by atoms with van der Waals surface area (Å²) >= 11 is 0. The molecular formula is C20H28N4O3. The molecule has 2 saturated heterocycles. The van der Waals surface area contributed by atoms with Gasteiger partial charge in [-0.3, -0.25) is 19.3 Å². The van der Waals surface area contributed by atoms with Crippen LogP contribution in [0.15, 0.2) is 30.3 Å². The van der Waals surface area contributed by atoms with Crippen molar-refractivity contribution >= 4 is 17.7 Å². The molecule has 0 spiro atoms. The van der Waals surface area contributed by atoms with Gasteiger partial charge in [0.2, 0.25) is 17.7 Å². The molecule has 7 nitrogen and oxygen atoms in total. The van der Waals surface area contributed by atoms with Crippen molar-refractivity contribution in [1.82, 2.24) is 15.1 Å². The molecule has 0 bridgehead atoms. The SMILES string of the molecule is NC(=O)CN1CCC(NC(=O)C2CC(=O)N(CCc3ccccc3)C2)CC1. The highest BCUT2D eigenvalue weighted by Gasteiger charge is 2.35. The van der Waals surface area contributed by atoms with Crippen LogP contribution in [0.5, 0.6) is 0 Å². The van der Waals surface area contributed by atoms with Gasteiger partial charge in [0.05, 0.1) is 12.5 Å². The molecule has 1 unspecified atom stereocenters. The largest absolute Gasteiger partial charge is 0.369 e. The highest BCUT2D eigenvalue weighted by Crippen LogP contribution is 2.20. The van der Waals surface area contributed by atoms with Gasteiger partial charge in [0.25, 0.3) is 0 Å². The zero-order chi connectivity index (χ0) is 19.2. The Hall–Kier alpha value is -2.41. The minimum atomic E-state index is -0.322. The van der Waals surface area contributed by atoms with Crippen LogP contribution in [-0.4, -0.2) is 66.3 Å². The first kappa shape index (κ1) is 19.4. The number of carbonyl (C=O) groups is 3. The molecule has 2 aliphatic rings. The van der Waals surface area contributed by atoms with Gasteiger partial charge in [-0.2, -0.15) is 0 Å². The van der Waals surface area contributed by atoms with E-state index in [2.05, 4.69) is 17.4 Å². The molecule has 2 fully saturated rings. The number of nitrogens with two attached hydrogens (primary N) is 1. The molecule has 2 heterocycles. The van der Waals surface area contributed by atoms with Gasteiger partial charge in [0.1, 0.15) is 0 Å². The number of nitrogens with one attached hydrogen (secondary N) is 1. The molecule has 0 saturated carbocycles. The average Bonchev–Trinajstić information content (AvgIpc) is 3.03. The minimum absolute atomic E-state index is 0.0288. The van der Waals surface area contributed by atoms with Crippen molar-refractivity contribution in [3.63, 3.8) is 0 Å². The topological polar surface area (TPSA) is 95.7 Å². The number of amides is 3. The van der Waals surface area contributed by atoms with Crippen LogP contribution in [-0.2, 0) is 20.8 Å². The van der Waals surface area contributed by atoms with Gasteiger partial charge in [-0.05, 0) is 24.8 Å². The predicted molar refractivity (Wildman–Crippen MR) is 102 cm³/mol. The molecule has 2 aliphatic heterocycles. The van der Waals surface area contributed by atoms with Gasteiger partial charge in [-0.15, -0.1) is 0 Å². The Balaban J connectivity index is 1.42. The fraction of sp³-hybridized carbons (Fsp3) is 0.550. The molecule has 7 heteroatoms. The van der Waals surface area contributed by atoms with Crippen LogP contribution in [0, 0.1) is 5.92 Å². The van der Waals surface area contributed by atoms with Crippen molar-refractivity contribution in [1.29, 1.82) is 0 Å². The monoisotopic (exact) mass is 372 g/mol. The van der Waals surface area contributed by atoms with Crippen molar-refractivity contribution in [2.45, 2.75) is 31.7 Å². The zero-order valence-electron chi connectivity index (χ0n) is 15.6. The van der Waals surface area contributed by atoms with E-state index in [1.54, 1.807) is 4.90 Å². The van der Waals surface area contributed by atoms with Crippen LogP contribution in [0.1, 0.15) is 24.8 Å². The lowest BCUT2D eigenvalue weighted by Crippen LogP contribution is -2.48. The van der Waals surface area contributed by atoms with Crippen LogP contribution in [0.3, 0.4) is 0 Å². The lowest BCUT2D eigenvalue weighted by atomic mass is 10.0. The smallest absolute Gasteiger partial charge is 0.231 e. The van der Waals surface area contributed by atoms with Crippen LogP contribution in [0.25, 0.3) is 0 Å². The molecule has 27 heavy (non-hydrogen) atoms. The lowest BCUT2D eigenvalue weighted by molar-refractivity contribution is -0.129. The first-order chi connectivity index (χ1) is 13.0. The molecule has 3 amide bonds. The van der Waals surface area contributed by atoms with Gasteiger partial charge >= 0.3 is 0 Å². The second kappa shape index (κ2) is 8.99.